The molecule has 0 saturated heterocycles. The molecule has 4 aliphatic carbocycles. The van der Waals surface area contributed by atoms with E-state index in [1.807, 2.05) is 24.4 Å². The summed E-state index contributed by atoms with van der Waals surface area (Å²) in [6.07, 6.45) is 19.8. The van der Waals surface area contributed by atoms with E-state index >= 15 is 0 Å². The number of fused-ring (bicyclic) bond motifs is 5. The van der Waals surface area contributed by atoms with Crippen LogP contribution in [0.15, 0.2) is 46.1 Å². The standard InChI is InChI=1S/C39H62N4O2S2/c1-27(2)10-8-11-28(3)32-16-17-33-31-15-14-29-26-30(18-20-38(29,4)34(31)19-21-39(32,33)5)45-37(44)43-24-23-41-35(40)12-9-25-46-47-36-13-6-7-22-42-36/h6-7,13-14,22,27-28,30-34H,8-12,15-21,23-26H2,1-5H3,(H2,40,41)(H,43,44)/t28-,30+,31+,32-,33+,34+,38+,39-/m1/s1. The number of nitrogens with two attached hydrogens (primary N) is 1. The van der Waals surface area contributed by atoms with Gasteiger partial charge in [-0.1, -0.05) is 82.4 Å². The lowest BCUT2D eigenvalue weighted by Gasteiger charge is -2.58. The van der Waals surface area contributed by atoms with Crippen LogP contribution in [0.4, 0.5) is 4.79 Å². The number of hydrogen-bond acceptors (Lipinski definition) is 6. The lowest BCUT2D eigenvalue weighted by atomic mass is 9.47. The zero-order valence-corrected chi connectivity index (χ0v) is 31.5. The van der Waals surface area contributed by atoms with E-state index in [-0.39, 0.29) is 17.6 Å². The fraction of sp³-hybridized carbons (Fsp3) is 0.769. The van der Waals surface area contributed by atoms with Crippen LogP contribution in [0.3, 0.4) is 0 Å². The molecule has 6 nitrogen and oxygen atoms in total. The molecule has 262 valence electrons. The Morgan fingerprint density at radius 2 is 1.96 bits per heavy atom. The monoisotopic (exact) mass is 682 g/mol. The summed E-state index contributed by atoms with van der Waals surface area (Å²) in [6.45, 7) is 13.4. The summed E-state index contributed by atoms with van der Waals surface area (Å²) in [6, 6.07) is 5.95. The summed E-state index contributed by atoms with van der Waals surface area (Å²) in [4.78, 5) is 21.5. The van der Waals surface area contributed by atoms with Crippen molar-refractivity contribution in [2.75, 3.05) is 18.8 Å². The number of aromatic nitrogens is 1. The van der Waals surface area contributed by atoms with E-state index in [4.69, 9.17) is 10.5 Å². The molecule has 0 spiro atoms. The lowest BCUT2D eigenvalue weighted by molar-refractivity contribution is -0.0581. The van der Waals surface area contributed by atoms with Crippen molar-refractivity contribution in [3.63, 3.8) is 0 Å². The molecule has 4 aliphatic rings. The van der Waals surface area contributed by atoms with Crippen LogP contribution in [0.25, 0.3) is 0 Å². The zero-order chi connectivity index (χ0) is 33.4. The van der Waals surface area contributed by atoms with Gasteiger partial charge in [0, 0.05) is 31.3 Å². The first-order valence-electron chi connectivity index (χ1n) is 18.7. The third-order valence-electron chi connectivity index (χ3n) is 12.7. The first kappa shape index (κ1) is 36.6. The van der Waals surface area contributed by atoms with Crippen molar-refractivity contribution in [2.24, 2.45) is 57.1 Å². The Hall–Kier alpha value is -1.67. The van der Waals surface area contributed by atoms with Crippen molar-refractivity contribution in [3.05, 3.63) is 36.0 Å². The second kappa shape index (κ2) is 16.8. The van der Waals surface area contributed by atoms with Gasteiger partial charge in [0.25, 0.3) is 0 Å². The highest BCUT2D eigenvalue weighted by atomic mass is 33.1. The minimum atomic E-state index is -0.322. The average molecular weight is 683 g/mol. The van der Waals surface area contributed by atoms with Crippen LogP contribution in [0.2, 0.25) is 0 Å². The van der Waals surface area contributed by atoms with Crippen molar-refractivity contribution >= 4 is 33.5 Å². The molecule has 3 saturated carbocycles. The Labute approximate surface area is 293 Å². The van der Waals surface area contributed by atoms with Crippen LogP contribution in [0, 0.1) is 46.3 Å². The van der Waals surface area contributed by atoms with Crippen LogP contribution in [-0.2, 0) is 4.74 Å². The Balaban J connectivity index is 1.03. The number of amidine groups is 1. The lowest BCUT2D eigenvalue weighted by Crippen LogP contribution is -2.51. The third kappa shape index (κ3) is 9.12. The van der Waals surface area contributed by atoms with Gasteiger partial charge in [-0.2, -0.15) is 0 Å². The number of aliphatic imine (C=N–C) groups is 1. The van der Waals surface area contributed by atoms with E-state index in [0.717, 1.165) is 78.4 Å². The van der Waals surface area contributed by atoms with Gasteiger partial charge in [-0.25, -0.2) is 9.78 Å². The Morgan fingerprint density at radius 1 is 1.11 bits per heavy atom. The molecule has 8 atom stereocenters. The molecule has 47 heavy (non-hydrogen) atoms. The van der Waals surface area contributed by atoms with E-state index in [1.54, 1.807) is 27.2 Å². The normalized spacial score (nSPS) is 32.6. The van der Waals surface area contributed by atoms with Gasteiger partial charge in [0.15, 0.2) is 0 Å². The first-order chi connectivity index (χ1) is 22.6. The predicted octanol–water partition coefficient (Wildman–Crippen LogP) is 10.1. The smallest absolute Gasteiger partial charge is 0.407 e. The van der Waals surface area contributed by atoms with Gasteiger partial charge in [-0.05, 0) is 121 Å². The molecule has 1 amide bonds. The van der Waals surface area contributed by atoms with Gasteiger partial charge < -0.3 is 15.8 Å². The van der Waals surface area contributed by atoms with Crippen LogP contribution in [0.5, 0.6) is 0 Å². The molecule has 0 aliphatic heterocycles. The number of carbonyl (C=O) groups is 1. The van der Waals surface area contributed by atoms with Crippen molar-refractivity contribution in [2.45, 2.75) is 129 Å². The molecule has 5 rings (SSSR count). The van der Waals surface area contributed by atoms with Crippen LogP contribution < -0.4 is 11.1 Å². The number of carbonyl (C=O) groups excluding carboxylic acids is 1. The fourth-order valence-electron chi connectivity index (χ4n) is 10.2. The van der Waals surface area contributed by atoms with Crippen LogP contribution in [0.1, 0.15) is 118 Å². The molecular weight excluding hydrogens is 621 g/mol. The Morgan fingerprint density at radius 3 is 2.74 bits per heavy atom. The minimum Gasteiger partial charge on any atom is -0.446 e. The summed E-state index contributed by atoms with van der Waals surface area (Å²) in [7, 11) is 3.47. The predicted molar refractivity (Wildman–Crippen MR) is 200 cm³/mol. The van der Waals surface area contributed by atoms with Gasteiger partial charge in [0.1, 0.15) is 11.1 Å². The van der Waals surface area contributed by atoms with Gasteiger partial charge in [-0.15, -0.1) is 0 Å². The van der Waals surface area contributed by atoms with Crippen LogP contribution in [-0.4, -0.2) is 41.9 Å². The van der Waals surface area contributed by atoms with Gasteiger partial charge in [-0.3, -0.25) is 4.99 Å². The molecular formula is C39H62N4O2S2. The maximum atomic E-state index is 12.7. The number of hydrogen-bond donors (Lipinski definition) is 2. The minimum absolute atomic E-state index is 0.0303. The van der Waals surface area contributed by atoms with Crippen molar-refractivity contribution < 1.29 is 9.53 Å². The average Bonchev–Trinajstić information content (AvgIpc) is 3.41. The molecule has 0 unspecified atom stereocenters. The van der Waals surface area contributed by atoms with E-state index in [2.05, 4.69) is 56.0 Å². The second-order valence-corrected chi connectivity index (χ2v) is 18.5. The van der Waals surface area contributed by atoms with Crippen molar-refractivity contribution in [1.82, 2.24) is 10.3 Å². The first-order valence-corrected chi connectivity index (χ1v) is 21.1. The van der Waals surface area contributed by atoms with Crippen LogP contribution >= 0.6 is 21.6 Å². The van der Waals surface area contributed by atoms with E-state index < -0.39 is 0 Å². The Kier molecular flexibility index (Phi) is 13.1. The summed E-state index contributed by atoms with van der Waals surface area (Å²) < 4.78 is 5.95. The SMILES string of the molecule is CC(C)CCC[C@@H](C)[C@H]1CC[C@H]2[C@@H]3CC=C4C[C@@H](OC(=O)NCCN=C(N)CCCSSc5ccccn5)CC[C@]4(C)[C@H]3CC[C@]12C. The highest BCUT2D eigenvalue weighted by molar-refractivity contribution is 8.76. The zero-order valence-electron chi connectivity index (χ0n) is 29.8. The number of nitrogens with one attached hydrogen (secondary N) is 1. The number of nitrogens with zero attached hydrogens (tertiary/aromatic N) is 2. The maximum Gasteiger partial charge on any atom is 0.407 e. The van der Waals surface area contributed by atoms with Gasteiger partial charge in [0.2, 0.25) is 0 Å². The van der Waals surface area contributed by atoms with E-state index in [9.17, 15) is 4.79 Å². The molecule has 8 heteroatoms. The molecule has 1 aromatic heterocycles. The summed E-state index contributed by atoms with van der Waals surface area (Å²) in [5, 5.41) is 3.93. The molecule has 1 aromatic rings. The van der Waals surface area contributed by atoms with Crippen molar-refractivity contribution in [3.8, 4) is 0 Å². The van der Waals surface area contributed by atoms with E-state index in [1.165, 1.54) is 51.4 Å². The molecule has 3 N–H and O–H groups in total. The number of rotatable bonds is 15. The Bertz CT molecular complexity index is 1220. The molecule has 3 fully saturated rings. The van der Waals surface area contributed by atoms with Crippen molar-refractivity contribution in [1.29, 1.82) is 0 Å². The van der Waals surface area contributed by atoms with Gasteiger partial charge in [0.05, 0.1) is 12.4 Å². The second-order valence-electron chi connectivity index (χ2n) is 16.0. The summed E-state index contributed by atoms with van der Waals surface area (Å²) in [5.41, 5.74) is 8.46. The maximum absolute atomic E-state index is 12.7. The fourth-order valence-corrected chi connectivity index (χ4v) is 12.2. The largest absolute Gasteiger partial charge is 0.446 e. The number of amides is 1. The number of allylic oxidation sites excluding steroid dienone is 1. The summed E-state index contributed by atoms with van der Waals surface area (Å²) in [5.74, 6) is 6.69. The topological polar surface area (TPSA) is 89.6 Å². The highest BCUT2D eigenvalue weighted by Gasteiger charge is 2.59. The number of pyridine rings is 1. The van der Waals surface area contributed by atoms with Gasteiger partial charge >= 0.3 is 6.09 Å². The molecule has 0 radical (unpaired) electrons. The molecule has 0 aromatic carbocycles. The third-order valence-corrected chi connectivity index (χ3v) is 15.0. The van der Waals surface area contributed by atoms with E-state index in [0.29, 0.717) is 24.3 Å². The highest BCUT2D eigenvalue weighted by Crippen LogP contribution is 2.67. The number of ether oxygens (including phenoxy) is 1. The molecule has 0 bridgehead atoms. The molecule has 1 heterocycles. The summed E-state index contributed by atoms with van der Waals surface area (Å²) >= 11 is 0. The number of alkyl carbamates (subject to hydrolysis) is 1. The quantitative estimate of drug-likeness (QED) is 0.0629.